The molecule has 1 N–H and O–H groups in total. The summed E-state index contributed by atoms with van der Waals surface area (Å²) in [6.07, 6.45) is 3.92. The molecule has 1 fully saturated rings. The zero-order valence-corrected chi connectivity index (χ0v) is 13.5. The van der Waals surface area contributed by atoms with Gasteiger partial charge in [-0.1, -0.05) is 20.8 Å². The van der Waals surface area contributed by atoms with Crippen LogP contribution >= 0.6 is 0 Å². The molecule has 0 aromatic heterocycles. The number of hydrogen-bond acceptors (Lipinski definition) is 2. The van der Waals surface area contributed by atoms with E-state index in [0.29, 0.717) is 11.3 Å². The Morgan fingerprint density at radius 2 is 1.65 bits per heavy atom. The summed E-state index contributed by atoms with van der Waals surface area (Å²) in [5, 5.41) is 8.93. The maximum absolute atomic E-state index is 12.5. The van der Waals surface area contributed by atoms with Crippen molar-refractivity contribution < 1.29 is 14.7 Å². The molecule has 0 radical (unpaired) electrons. The third kappa shape index (κ3) is 4.50. The predicted octanol–water partition coefficient (Wildman–Crippen LogP) is 3.16. The standard InChI is InChI=1S/C16H29NO3/c1-11(2)17(10-14(18)19)15(20)12-6-8-13(9-7-12)16(3,4)5/h11-13H,6-10H2,1-5H3,(H,18,19). The van der Waals surface area contributed by atoms with E-state index >= 15 is 0 Å². The van der Waals surface area contributed by atoms with Crippen LogP contribution in [0.15, 0.2) is 0 Å². The summed E-state index contributed by atoms with van der Waals surface area (Å²) in [5.74, 6) is -0.237. The SMILES string of the molecule is CC(C)N(CC(=O)O)C(=O)C1CCC(C(C)(C)C)CC1. The van der Waals surface area contributed by atoms with E-state index in [1.165, 1.54) is 4.90 Å². The maximum atomic E-state index is 12.5. The maximum Gasteiger partial charge on any atom is 0.323 e. The first kappa shape index (κ1) is 17.0. The smallest absolute Gasteiger partial charge is 0.323 e. The molecule has 1 aliphatic rings. The molecule has 20 heavy (non-hydrogen) atoms. The molecule has 1 saturated carbocycles. The van der Waals surface area contributed by atoms with Crippen LogP contribution in [0.1, 0.15) is 60.3 Å². The van der Waals surface area contributed by atoms with E-state index in [1.54, 1.807) is 0 Å². The average Bonchev–Trinajstić information content (AvgIpc) is 2.33. The lowest BCUT2D eigenvalue weighted by molar-refractivity contribution is -0.148. The third-order valence-electron chi connectivity index (χ3n) is 4.51. The van der Waals surface area contributed by atoms with Gasteiger partial charge in [0.05, 0.1) is 0 Å². The number of carboxylic acid groups (broad SMARTS) is 1. The van der Waals surface area contributed by atoms with Crippen molar-refractivity contribution in [3.8, 4) is 0 Å². The quantitative estimate of drug-likeness (QED) is 0.862. The summed E-state index contributed by atoms with van der Waals surface area (Å²) in [6.45, 7) is 10.3. The Bertz CT molecular complexity index is 349. The highest BCUT2D eigenvalue weighted by Gasteiger charge is 2.34. The lowest BCUT2D eigenvalue weighted by Crippen LogP contribution is -2.45. The van der Waals surface area contributed by atoms with Crippen molar-refractivity contribution in [2.24, 2.45) is 17.3 Å². The van der Waals surface area contributed by atoms with Gasteiger partial charge in [0, 0.05) is 12.0 Å². The molecule has 0 aliphatic heterocycles. The van der Waals surface area contributed by atoms with Crippen LogP contribution in [-0.4, -0.2) is 34.5 Å². The molecule has 4 heteroatoms. The number of amides is 1. The molecular formula is C16H29NO3. The highest BCUT2D eigenvalue weighted by atomic mass is 16.4. The second-order valence-corrected chi connectivity index (χ2v) is 7.37. The fourth-order valence-corrected chi connectivity index (χ4v) is 3.10. The molecule has 0 atom stereocenters. The third-order valence-corrected chi connectivity index (χ3v) is 4.51. The van der Waals surface area contributed by atoms with Gasteiger partial charge in [-0.15, -0.1) is 0 Å². The number of aliphatic carboxylic acids is 1. The van der Waals surface area contributed by atoms with E-state index < -0.39 is 5.97 Å². The summed E-state index contributed by atoms with van der Waals surface area (Å²) < 4.78 is 0. The Morgan fingerprint density at radius 1 is 1.15 bits per heavy atom. The van der Waals surface area contributed by atoms with Crippen molar-refractivity contribution >= 4 is 11.9 Å². The second-order valence-electron chi connectivity index (χ2n) is 7.37. The van der Waals surface area contributed by atoms with E-state index in [0.717, 1.165) is 25.7 Å². The van der Waals surface area contributed by atoms with E-state index in [-0.39, 0.29) is 24.4 Å². The molecular weight excluding hydrogens is 254 g/mol. The van der Waals surface area contributed by atoms with Gasteiger partial charge in [0.1, 0.15) is 6.54 Å². The molecule has 0 aromatic carbocycles. The summed E-state index contributed by atoms with van der Waals surface area (Å²) >= 11 is 0. The first-order valence-corrected chi connectivity index (χ1v) is 7.65. The molecule has 4 nitrogen and oxygen atoms in total. The molecule has 0 aromatic rings. The van der Waals surface area contributed by atoms with Gasteiger partial charge >= 0.3 is 5.97 Å². The van der Waals surface area contributed by atoms with E-state index in [4.69, 9.17) is 5.11 Å². The summed E-state index contributed by atoms with van der Waals surface area (Å²) in [6, 6.07) is -0.0565. The van der Waals surface area contributed by atoms with Gasteiger partial charge in [-0.2, -0.15) is 0 Å². The highest BCUT2D eigenvalue weighted by Crippen LogP contribution is 2.40. The molecule has 0 bridgehead atoms. The Labute approximate surface area is 122 Å². The van der Waals surface area contributed by atoms with Crippen molar-refractivity contribution in [2.45, 2.75) is 66.3 Å². The minimum atomic E-state index is -0.935. The first-order valence-electron chi connectivity index (χ1n) is 7.65. The van der Waals surface area contributed by atoms with Crippen molar-refractivity contribution in [1.29, 1.82) is 0 Å². The fraction of sp³-hybridized carbons (Fsp3) is 0.875. The summed E-state index contributed by atoms with van der Waals surface area (Å²) in [5.41, 5.74) is 0.298. The molecule has 116 valence electrons. The number of carbonyl (C=O) groups is 2. The Morgan fingerprint density at radius 3 is 2.00 bits per heavy atom. The Hall–Kier alpha value is -1.06. The van der Waals surface area contributed by atoms with Gasteiger partial charge < -0.3 is 10.0 Å². The Kier molecular flexibility index (Phi) is 5.60. The summed E-state index contributed by atoms with van der Waals surface area (Å²) in [4.78, 5) is 24.9. The van der Waals surface area contributed by atoms with Crippen LogP contribution in [0.25, 0.3) is 0 Å². The van der Waals surface area contributed by atoms with Crippen molar-refractivity contribution in [3.05, 3.63) is 0 Å². The van der Waals surface area contributed by atoms with Crippen LogP contribution in [0.4, 0.5) is 0 Å². The van der Waals surface area contributed by atoms with Crippen LogP contribution < -0.4 is 0 Å². The minimum absolute atomic E-state index is 0.00958. The molecule has 0 heterocycles. The van der Waals surface area contributed by atoms with E-state index in [9.17, 15) is 9.59 Å². The van der Waals surface area contributed by atoms with Crippen LogP contribution in [0.5, 0.6) is 0 Å². The number of carbonyl (C=O) groups excluding carboxylic acids is 1. The largest absolute Gasteiger partial charge is 0.480 e. The Balaban J connectivity index is 2.63. The van der Waals surface area contributed by atoms with Crippen molar-refractivity contribution in [3.63, 3.8) is 0 Å². The number of rotatable bonds is 4. The van der Waals surface area contributed by atoms with Crippen LogP contribution in [0.2, 0.25) is 0 Å². The van der Waals surface area contributed by atoms with Crippen molar-refractivity contribution in [2.75, 3.05) is 6.54 Å². The minimum Gasteiger partial charge on any atom is -0.480 e. The zero-order chi connectivity index (χ0) is 15.5. The van der Waals surface area contributed by atoms with Gasteiger partial charge in [0.15, 0.2) is 0 Å². The second kappa shape index (κ2) is 6.59. The number of carboxylic acids is 1. The number of hydrogen-bond donors (Lipinski definition) is 1. The molecule has 1 aliphatic carbocycles. The fourth-order valence-electron chi connectivity index (χ4n) is 3.10. The van der Waals surface area contributed by atoms with Gasteiger partial charge in [-0.05, 0) is 50.9 Å². The van der Waals surface area contributed by atoms with E-state index in [2.05, 4.69) is 20.8 Å². The molecule has 0 spiro atoms. The van der Waals surface area contributed by atoms with Gasteiger partial charge in [0.2, 0.25) is 5.91 Å². The monoisotopic (exact) mass is 283 g/mol. The highest BCUT2D eigenvalue weighted by molar-refractivity contribution is 5.83. The average molecular weight is 283 g/mol. The van der Waals surface area contributed by atoms with Gasteiger partial charge in [0.25, 0.3) is 0 Å². The van der Waals surface area contributed by atoms with Gasteiger partial charge in [-0.3, -0.25) is 9.59 Å². The molecule has 0 unspecified atom stereocenters. The topological polar surface area (TPSA) is 57.6 Å². The predicted molar refractivity (Wildman–Crippen MR) is 79.4 cm³/mol. The van der Waals surface area contributed by atoms with Gasteiger partial charge in [-0.25, -0.2) is 0 Å². The molecule has 0 saturated heterocycles. The van der Waals surface area contributed by atoms with Crippen LogP contribution in [0, 0.1) is 17.3 Å². The van der Waals surface area contributed by atoms with Crippen LogP contribution in [-0.2, 0) is 9.59 Å². The zero-order valence-electron chi connectivity index (χ0n) is 13.5. The molecule has 1 amide bonds. The van der Waals surface area contributed by atoms with E-state index in [1.807, 2.05) is 13.8 Å². The normalized spacial score (nSPS) is 23.7. The lowest BCUT2D eigenvalue weighted by Gasteiger charge is -2.38. The lowest BCUT2D eigenvalue weighted by atomic mass is 9.69. The first-order chi connectivity index (χ1) is 9.12. The van der Waals surface area contributed by atoms with Crippen LogP contribution in [0.3, 0.4) is 0 Å². The molecule has 1 rings (SSSR count). The number of nitrogens with zero attached hydrogens (tertiary/aromatic N) is 1. The summed E-state index contributed by atoms with van der Waals surface area (Å²) in [7, 11) is 0. The van der Waals surface area contributed by atoms with Crippen molar-refractivity contribution in [1.82, 2.24) is 4.90 Å².